The van der Waals surface area contributed by atoms with Crippen LogP contribution < -0.4 is 0 Å². The van der Waals surface area contributed by atoms with Crippen LogP contribution in [0.2, 0.25) is 0 Å². The lowest BCUT2D eigenvalue weighted by Gasteiger charge is -2.11. The molecule has 0 heterocycles. The van der Waals surface area contributed by atoms with E-state index in [2.05, 4.69) is 0 Å². The Bertz CT molecular complexity index is 483. The average Bonchev–Trinajstić information content (AvgIpc) is 2.38. The van der Waals surface area contributed by atoms with E-state index in [1.807, 2.05) is 66.7 Å². The van der Waals surface area contributed by atoms with Gasteiger partial charge in [-0.1, -0.05) is 60.7 Å². The lowest BCUT2D eigenvalue weighted by Crippen LogP contribution is -2.03. The minimum atomic E-state index is -0.474. The molecule has 2 aromatic carbocycles. The number of rotatable bonds is 3. The number of aliphatic hydroxyl groups excluding tert-OH is 1. The van der Waals surface area contributed by atoms with Gasteiger partial charge in [-0.2, -0.15) is 0 Å². The smallest absolute Gasteiger partial charge is 0.0767 e. The maximum atomic E-state index is 9.86. The number of aliphatic hydroxyl groups is 1. The molecule has 86 valence electrons. The van der Waals surface area contributed by atoms with Gasteiger partial charge in [0.1, 0.15) is 0 Å². The second-order valence-corrected chi connectivity index (χ2v) is 4.05. The van der Waals surface area contributed by atoms with E-state index < -0.39 is 6.10 Å². The molecule has 0 aliphatic carbocycles. The van der Waals surface area contributed by atoms with Crippen molar-refractivity contribution in [2.45, 2.75) is 13.0 Å². The van der Waals surface area contributed by atoms with E-state index in [4.69, 9.17) is 0 Å². The highest BCUT2D eigenvalue weighted by Crippen LogP contribution is 2.21. The molecular weight excluding hydrogens is 208 g/mol. The standard InChI is InChI=1S/C16H16O/c1-13(17)16(15-10-6-3-7-11-15)12-14-8-4-2-5-9-14/h2-13,17H,1H3/b16-12-/t13-/m1/s1. The van der Waals surface area contributed by atoms with Crippen LogP contribution in [0.1, 0.15) is 18.1 Å². The average molecular weight is 224 g/mol. The Morgan fingerprint density at radius 1 is 0.941 bits per heavy atom. The second-order valence-electron chi connectivity index (χ2n) is 4.05. The van der Waals surface area contributed by atoms with Gasteiger partial charge in [-0.3, -0.25) is 0 Å². The van der Waals surface area contributed by atoms with Crippen molar-refractivity contribution in [1.29, 1.82) is 0 Å². The largest absolute Gasteiger partial charge is 0.389 e. The SMILES string of the molecule is C[C@@H](O)/C(=C/c1ccccc1)c1ccccc1. The highest BCUT2D eigenvalue weighted by atomic mass is 16.3. The van der Waals surface area contributed by atoms with Gasteiger partial charge in [-0.25, -0.2) is 0 Å². The summed E-state index contributed by atoms with van der Waals surface area (Å²) in [5.74, 6) is 0. The van der Waals surface area contributed by atoms with Crippen LogP contribution >= 0.6 is 0 Å². The maximum Gasteiger partial charge on any atom is 0.0767 e. The maximum absolute atomic E-state index is 9.86. The third-order valence-electron chi connectivity index (χ3n) is 2.68. The molecule has 2 aromatic rings. The van der Waals surface area contributed by atoms with E-state index in [0.29, 0.717) is 0 Å². The first-order chi connectivity index (χ1) is 8.27. The predicted octanol–water partition coefficient (Wildman–Crippen LogP) is 3.61. The summed E-state index contributed by atoms with van der Waals surface area (Å²) in [6, 6.07) is 20.0. The molecule has 0 aliphatic heterocycles. The number of hydrogen-bond acceptors (Lipinski definition) is 1. The summed E-state index contributed by atoms with van der Waals surface area (Å²) >= 11 is 0. The molecule has 0 saturated heterocycles. The van der Waals surface area contributed by atoms with Crippen LogP contribution in [0.4, 0.5) is 0 Å². The molecule has 0 unspecified atom stereocenters. The van der Waals surface area contributed by atoms with Gasteiger partial charge in [0, 0.05) is 0 Å². The summed E-state index contributed by atoms with van der Waals surface area (Å²) in [6.45, 7) is 1.79. The van der Waals surface area contributed by atoms with Crippen molar-refractivity contribution >= 4 is 11.6 Å². The summed E-state index contributed by atoms with van der Waals surface area (Å²) < 4.78 is 0. The van der Waals surface area contributed by atoms with E-state index in [1.165, 1.54) is 0 Å². The summed E-state index contributed by atoms with van der Waals surface area (Å²) in [5, 5.41) is 9.86. The van der Waals surface area contributed by atoms with Crippen LogP contribution in [0.15, 0.2) is 60.7 Å². The monoisotopic (exact) mass is 224 g/mol. The van der Waals surface area contributed by atoms with Crippen molar-refractivity contribution in [3.8, 4) is 0 Å². The quantitative estimate of drug-likeness (QED) is 0.790. The number of benzene rings is 2. The lowest BCUT2D eigenvalue weighted by molar-refractivity contribution is 0.254. The van der Waals surface area contributed by atoms with Crippen molar-refractivity contribution < 1.29 is 5.11 Å². The van der Waals surface area contributed by atoms with Crippen LogP contribution in [0, 0.1) is 0 Å². The van der Waals surface area contributed by atoms with E-state index in [0.717, 1.165) is 16.7 Å². The minimum Gasteiger partial charge on any atom is -0.389 e. The van der Waals surface area contributed by atoms with Crippen LogP contribution in [-0.4, -0.2) is 11.2 Å². The van der Waals surface area contributed by atoms with Crippen molar-refractivity contribution in [2.75, 3.05) is 0 Å². The Balaban J connectivity index is 2.40. The molecule has 2 rings (SSSR count). The van der Waals surface area contributed by atoms with Crippen molar-refractivity contribution in [2.24, 2.45) is 0 Å². The normalized spacial score (nSPS) is 13.4. The van der Waals surface area contributed by atoms with E-state index in [1.54, 1.807) is 6.92 Å². The van der Waals surface area contributed by atoms with E-state index in [9.17, 15) is 5.11 Å². The van der Waals surface area contributed by atoms with Crippen LogP contribution in [-0.2, 0) is 0 Å². The van der Waals surface area contributed by atoms with Crippen LogP contribution in [0.3, 0.4) is 0 Å². The summed E-state index contributed by atoms with van der Waals surface area (Å²) in [5.41, 5.74) is 3.11. The van der Waals surface area contributed by atoms with Gasteiger partial charge in [0.15, 0.2) is 0 Å². The molecule has 0 amide bonds. The van der Waals surface area contributed by atoms with Gasteiger partial charge < -0.3 is 5.11 Å². The Labute approximate surface area is 102 Å². The first kappa shape index (κ1) is 11.6. The highest BCUT2D eigenvalue weighted by Gasteiger charge is 2.07. The molecule has 0 spiro atoms. The fraction of sp³-hybridized carbons (Fsp3) is 0.125. The van der Waals surface area contributed by atoms with E-state index in [-0.39, 0.29) is 0 Å². The van der Waals surface area contributed by atoms with Crippen LogP contribution in [0.5, 0.6) is 0 Å². The van der Waals surface area contributed by atoms with Crippen molar-refractivity contribution in [3.63, 3.8) is 0 Å². The third-order valence-corrected chi connectivity index (χ3v) is 2.68. The van der Waals surface area contributed by atoms with Crippen LogP contribution in [0.25, 0.3) is 11.6 Å². The first-order valence-electron chi connectivity index (χ1n) is 5.77. The molecule has 0 aliphatic rings. The molecule has 1 N–H and O–H groups in total. The van der Waals surface area contributed by atoms with Gasteiger partial charge in [-0.15, -0.1) is 0 Å². The fourth-order valence-electron chi connectivity index (χ4n) is 1.80. The Morgan fingerprint density at radius 2 is 1.47 bits per heavy atom. The fourth-order valence-corrected chi connectivity index (χ4v) is 1.80. The van der Waals surface area contributed by atoms with E-state index >= 15 is 0 Å². The third kappa shape index (κ3) is 3.05. The molecule has 0 saturated carbocycles. The van der Waals surface area contributed by atoms with Gasteiger partial charge >= 0.3 is 0 Å². The molecule has 0 bridgehead atoms. The van der Waals surface area contributed by atoms with Gasteiger partial charge in [-0.05, 0) is 29.7 Å². The molecule has 17 heavy (non-hydrogen) atoms. The number of hydrogen-bond donors (Lipinski definition) is 1. The van der Waals surface area contributed by atoms with Crippen molar-refractivity contribution in [3.05, 3.63) is 71.8 Å². The minimum absolute atomic E-state index is 0.474. The van der Waals surface area contributed by atoms with Gasteiger partial charge in [0.25, 0.3) is 0 Å². The highest BCUT2D eigenvalue weighted by molar-refractivity contribution is 5.83. The Morgan fingerprint density at radius 3 is 2.00 bits per heavy atom. The van der Waals surface area contributed by atoms with Crippen molar-refractivity contribution in [1.82, 2.24) is 0 Å². The Kier molecular flexibility index (Phi) is 3.73. The zero-order chi connectivity index (χ0) is 12.1. The Hall–Kier alpha value is -1.86. The molecule has 0 radical (unpaired) electrons. The zero-order valence-electron chi connectivity index (χ0n) is 9.88. The van der Waals surface area contributed by atoms with Gasteiger partial charge in [0.2, 0.25) is 0 Å². The molecule has 1 nitrogen and oxygen atoms in total. The van der Waals surface area contributed by atoms with Gasteiger partial charge in [0.05, 0.1) is 6.10 Å². The molecule has 0 aromatic heterocycles. The first-order valence-corrected chi connectivity index (χ1v) is 5.77. The predicted molar refractivity (Wildman–Crippen MR) is 72.4 cm³/mol. The molecular formula is C16H16O. The second kappa shape index (κ2) is 5.46. The lowest BCUT2D eigenvalue weighted by atomic mass is 9.99. The summed E-state index contributed by atoms with van der Waals surface area (Å²) in [4.78, 5) is 0. The summed E-state index contributed by atoms with van der Waals surface area (Å²) in [7, 11) is 0. The summed E-state index contributed by atoms with van der Waals surface area (Å²) in [6.07, 6.45) is 1.55. The zero-order valence-corrected chi connectivity index (χ0v) is 9.88. The molecule has 1 heteroatoms. The molecule has 0 fully saturated rings. The molecule has 1 atom stereocenters. The topological polar surface area (TPSA) is 20.2 Å².